The summed E-state index contributed by atoms with van der Waals surface area (Å²) in [6.07, 6.45) is 1.58. The van der Waals surface area contributed by atoms with E-state index in [1.54, 1.807) is 46.5 Å². The number of rotatable bonds is 5. The number of benzene rings is 1. The topological polar surface area (TPSA) is 73.0 Å². The first-order valence-electron chi connectivity index (χ1n) is 8.19. The Morgan fingerprint density at radius 1 is 1.30 bits per heavy atom. The molecule has 1 N–H and O–H groups in total. The second kappa shape index (κ2) is 7.38. The summed E-state index contributed by atoms with van der Waals surface area (Å²) < 4.78 is 7.17. The van der Waals surface area contributed by atoms with Gasteiger partial charge in [-0.05, 0) is 43.3 Å². The molecular weight excluding hydrogens is 384 g/mol. The maximum absolute atomic E-state index is 12.6. The van der Waals surface area contributed by atoms with Crippen LogP contribution >= 0.6 is 22.9 Å². The van der Waals surface area contributed by atoms with E-state index in [-0.39, 0.29) is 5.91 Å². The summed E-state index contributed by atoms with van der Waals surface area (Å²) in [5, 5.41) is 10.8. The number of hydrogen-bond donors (Lipinski definition) is 1. The van der Waals surface area contributed by atoms with E-state index in [1.807, 2.05) is 30.5 Å². The van der Waals surface area contributed by atoms with Gasteiger partial charge in [-0.2, -0.15) is 5.10 Å². The van der Waals surface area contributed by atoms with Crippen molar-refractivity contribution in [3.8, 4) is 17.1 Å². The van der Waals surface area contributed by atoms with Crippen LogP contribution in [0.25, 0.3) is 17.1 Å². The molecule has 0 atom stereocenters. The summed E-state index contributed by atoms with van der Waals surface area (Å²) in [7, 11) is 0. The smallest absolute Gasteiger partial charge is 0.272 e. The summed E-state index contributed by atoms with van der Waals surface area (Å²) in [6, 6.07) is 12.5. The molecule has 1 aromatic carbocycles. The number of amides is 1. The van der Waals surface area contributed by atoms with Gasteiger partial charge < -0.3 is 9.73 Å². The highest BCUT2D eigenvalue weighted by atomic mass is 35.5. The first-order valence-corrected chi connectivity index (χ1v) is 9.45. The molecule has 0 radical (unpaired) electrons. The lowest BCUT2D eigenvalue weighted by Gasteiger charge is -2.05. The van der Waals surface area contributed by atoms with Gasteiger partial charge in [0.05, 0.1) is 29.2 Å². The van der Waals surface area contributed by atoms with Crippen molar-refractivity contribution < 1.29 is 9.21 Å². The lowest BCUT2D eigenvalue weighted by Crippen LogP contribution is -2.23. The van der Waals surface area contributed by atoms with Gasteiger partial charge in [-0.1, -0.05) is 11.6 Å². The van der Waals surface area contributed by atoms with Crippen molar-refractivity contribution in [1.82, 2.24) is 20.1 Å². The van der Waals surface area contributed by atoms with Gasteiger partial charge in [0.25, 0.3) is 5.91 Å². The van der Waals surface area contributed by atoms with Crippen molar-refractivity contribution in [3.63, 3.8) is 0 Å². The number of carbonyl (C=O) groups is 1. The summed E-state index contributed by atoms with van der Waals surface area (Å²) in [6.45, 7) is 2.28. The Hall–Kier alpha value is -2.90. The summed E-state index contributed by atoms with van der Waals surface area (Å²) in [5.41, 5.74) is 2.58. The van der Waals surface area contributed by atoms with Crippen molar-refractivity contribution in [2.75, 3.05) is 0 Å². The molecule has 0 unspecified atom stereocenters. The van der Waals surface area contributed by atoms with Gasteiger partial charge in [-0.25, -0.2) is 9.67 Å². The molecule has 4 rings (SSSR count). The molecular formula is C19H15ClN4O2S. The number of thiazole rings is 1. The molecule has 0 aliphatic rings. The minimum absolute atomic E-state index is 0.277. The van der Waals surface area contributed by atoms with Crippen LogP contribution in [0.3, 0.4) is 0 Å². The van der Waals surface area contributed by atoms with E-state index < -0.39 is 0 Å². The minimum atomic E-state index is -0.277. The van der Waals surface area contributed by atoms with E-state index >= 15 is 0 Å². The number of nitrogens with one attached hydrogen (secondary N) is 1. The molecule has 0 spiro atoms. The number of hydrogen-bond acceptors (Lipinski definition) is 5. The molecule has 27 heavy (non-hydrogen) atoms. The number of nitrogens with zero attached hydrogens (tertiary/aromatic N) is 3. The van der Waals surface area contributed by atoms with E-state index in [9.17, 15) is 4.79 Å². The van der Waals surface area contributed by atoms with Crippen LogP contribution in [0.2, 0.25) is 5.02 Å². The van der Waals surface area contributed by atoms with Gasteiger partial charge in [-0.15, -0.1) is 11.3 Å². The summed E-state index contributed by atoms with van der Waals surface area (Å²) in [5.74, 6) is 0.341. The first-order chi connectivity index (χ1) is 13.1. The normalized spacial score (nSPS) is 10.9. The van der Waals surface area contributed by atoms with Crippen molar-refractivity contribution >= 4 is 28.8 Å². The second-order valence-electron chi connectivity index (χ2n) is 5.82. The van der Waals surface area contributed by atoms with E-state index in [2.05, 4.69) is 15.4 Å². The van der Waals surface area contributed by atoms with Gasteiger partial charge in [-0.3, -0.25) is 4.79 Å². The molecule has 3 aromatic heterocycles. The van der Waals surface area contributed by atoms with Crippen LogP contribution in [-0.2, 0) is 6.54 Å². The predicted octanol–water partition coefficient (Wildman–Crippen LogP) is 4.48. The first kappa shape index (κ1) is 17.5. The highest BCUT2D eigenvalue weighted by Gasteiger charge is 2.18. The average molecular weight is 399 g/mol. The lowest BCUT2D eigenvalue weighted by atomic mass is 10.2. The third-order valence-corrected chi connectivity index (χ3v) is 4.96. The molecule has 0 aliphatic carbocycles. The van der Waals surface area contributed by atoms with Crippen LogP contribution in [0.1, 0.15) is 21.2 Å². The quantitative estimate of drug-likeness (QED) is 0.538. The van der Waals surface area contributed by atoms with Crippen molar-refractivity contribution in [2.45, 2.75) is 13.5 Å². The highest BCUT2D eigenvalue weighted by molar-refractivity contribution is 7.09. The maximum Gasteiger partial charge on any atom is 0.272 e. The molecule has 3 heterocycles. The van der Waals surface area contributed by atoms with E-state index in [1.165, 1.54) is 0 Å². The predicted molar refractivity (Wildman–Crippen MR) is 104 cm³/mol. The van der Waals surface area contributed by atoms with Crippen molar-refractivity contribution in [2.24, 2.45) is 0 Å². The Kier molecular flexibility index (Phi) is 4.79. The Morgan fingerprint density at radius 2 is 2.11 bits per heavy atom. The Balaban J connectivity index is 1.64. The number of aryl methyl sites for hydroxylation is 1. The molecule has 0 saturated heterocycles. The van der Waals surface area contributed by atoms with Crippen LogP contribution in [0.4, 0.5) is 0 Å². The number of halogens is 1. The minimum Gasteiger partial charge on any atom is -0.463 e. The van der Waals surface area contributed by atoms with E-state index in [4.69, 9.17) is 16.0 Å². The monoisotopic (exact) mass is 398 g/mol. The molecule has 1 amide bonds. The number of furan rings is 1. The number of aromatic nitrogens is 3. The fourth-order valence-electron chi connectivity index (χ4n) is 2.62. The zero-order valence-corrected chi connectivity index (χ0v) is 15.9. The Morgan fingerprint density at radius 3 is 2.78 bits per heavy atom. The summed E-state index contributed by atoms with van der Waals surface area (Å²) in [4.78, 5) is 16.9. The van der Waals surface area contributed by atoms with E-state index in [0.717, 1.165) is 16.4 Å². The fourth-order valence-corrected chi connectivity index (χ4v) is 3.36. The van der Waals surface area contributed by atoms with Crippen LogP contribution < -0.4 is 5.32 Å². The molecule has 0 bridgehead atoms. The third-order valence-electron chi connectivity index (χ3n) is 3.88. The molecule has 0 fully saturated rings. The number of carbonyl (C=O) groups excluding carboxylic acids is 1. The highest BCUT2D eigenvalue weighted by Crippen LogP contribution is 2.25. The molecule has 136 valence electrons. The fraction of sp³-hybridized carbons (Fsp3) is 0.105. The maximum atomic E-state index is 12.6. The lowest BCUT2D eigenvalue weighted by molar-refractivity contribution is 0.0945. The van der Waals surface area contributed by atoms with E-state index in [0.29, 0.717) is 28.7 Å². The van der Waals surface area contributed by atoms with Crippen LogP contribution in [0.15, 0.2) is 58.5 Å². The van der Waals surface area contributed by atoms with Gasteiger partial charge in [0.2, 0.25) is 0 Å². The second-order valence-corrected chi connectivity index (χ2v) is 7.32. The zero-order valence-electron chi connectivity index (χ0n) is 14.3. The standard InChI is InChI=1S/C19H15ClN4O2S/c1-12-22-14(11-27-12)10-21-19(25)16-9-17(18-3-2-8-26-18)24(23-16)15-6-4-13(20)5-7-15/h2-9,11H,10H2,1H3,(H,21,25). The van der Waals surface area contributed by atoms with Crippen molar-refractivity contribution in [1.29, 1.82) is 0 Å². The van der Waals surface area contributed by atoms with Crippen LogP contribution in [0.5, 0.6) is 0 Å². The SMILES string of the molecule is Cc1nc(CNC(=O)c2cc(-c3ccco3)n(-c3ccc(Cl)cc3)n2)cs1. The Bertz CT molecular complexity index is 1070. The molecule has 6 nitrogen and oxygen atoms in total. The third kappa shape index (κ3) is 3.79. The molecule has 8 heteroatoms. The van der Waals surface area contributed by atoms with Gasteiger partial charge in [0, 0.05) is 16.5 Å². The van der Waals surface area contributed by atoms with Crippen molar-refractivity contribution in [3.05, 3.63) is 75.5 Å². The molecule has 0 saturated carbocycles. The summed E-state index contributed by atoms with van der Waals surface area (Å²) >= 11 is 7.53. The van der Waals surface area contributed by atoms with Gasteiger partial charge in [0.15, 0.2) is 11.5 Å². The largest absolute Gasteiger partial charge is 0.463 e. The average Bonchev–Trinajstić information content (AvgIpc) is 3.40. The van der Waals surface area contributed by atoms with Gasteiger partial charge >= 0.3 is 0 Å². The Labute approximate surface area is 164 Å². The zero-order chi connectivity index (χ0) is 18.8. The van der Waals surface area contributed by atoms with Gasteiger partial charge in [0.1, 0.15) is 5.69 Å². The molecule has 4 aromatic rings. The van der Waals surface area contributed by atoms with Crippen LogP contribution in [0, 0.1) is 6.92 Å². The van der Waals surface area contributed by atoms with Crippen LogP contribution in [-0.4, -0.2) is 20.7 Å². The molecule has 0 aliphatic heterocycles.